The van der Waals surface area contributed by atoms with E-state index in [1.807, 2.05) is 30.3 Å². The van der Waals surface area contributed by atoms with Gasteiger partial charge < -0.3 is 14.8 Å². The van der Waals surface area contributed by atoms with Gasteiger partial charge in [0.2, 0.25) is 0 Å². The molecule has 0 spiro atoms. The van der Waals surface area contributed by atoms with E-state index in [1.165, 1.54) is 24.3 Å². The zero-order valence-corrected chi connectivity index (χ0v) is 18.7. The number of hydrogen-bond acceptors (Lipinski definition) is 4. The minimum absolute atomic E-state index is 0.0447. The Hall–Kier alpha value is -3.09. The van der Waals surface area contributed by atoms with E-state index in [0.717, 1.165) is 5.56 Å². The Morgan fingerprint density at radius 2 is 1.72 bits per heavy atom. The molecule has 0 aliphatic carbocycles. The van der Waals surface area contributed by atoms with Gasteiger partial charge in [-0.15, -0.1) is 0 Å². The van der Waals surface area contributed by atoms with Gasteiger partial charge in [-0.1, -0.05) is 59.6 Å². The first kappa shape index (κ1) is 23.6. The molecule has 32 heavy (non-hydrogen) atoms. The molecule has 0 bridgehead atoms. The van der Waals surface area contributed by atoms with Gasteiger partial charge in [0.25, 0.3) is 5.91 Å². The molecule has 0 saturated carbocycles. The van der Waals surface area contributed by atoms with Gasteiger partial charge in [-0.05, 0) is 42.3 Å². The summed E-state index contributed by atoms with van der Waals surface area (Å²) in [6, 6.07) is 16.7. The second-order valence-corrected chi connectivity index (χ2v) is 7.57. The maximum Gasteiger partial charge on any atom is 0.310 e. The first-order valence-corrected chi connectivity index (χ1v) is 10.5. The summed E-state index contributed by atoms with van der Waals surface area (Å²) in [5.74, 6) is -2.14. The Bertz CT molecular complexity index is 1120. The third-order valence-electron chi connectivity index (χ3n) is 4.46. The lowest BCUT2D eigenvalue weighted by molar-refractivity contribution is -0.142. The summed E-state index contributed by atoms with van der Waals surface area (Å²) in [6.07, 6.45) is 0.0447. The molecule has 1 amide bonds. The van der Waals surface area contributed by atoms with Crippen LogP contribution in [0.2, 0.25) is 10.0 Å². The highest BCUT2D eigenvalue weighted by Gasteiger charge is 2.21. The number of esters is 1. The van der Waals surface area contributed by atoms with Crippen molar-refractivity contribution in [1.29, 1.82) is 0 Å². The number of benzene rings is 3. The Morgan fingerprint density at radius 3 is 2.41 bits per heavy atom. The Kier molecular flexibility index (Phi) is 8.09. The van der Waals surface area contributed by atoms with Crippen LogP contribution in [0.4, 0.5) is 10.1 Å². The SMILES string of the molecule is CCOC(=O)Cc1ccc(NC(=O)c2c(Cl)ccc(OCc3ccccc3)c2F)c(Cl)c1. The number of anilines is 1. The maximum absolute atomic E-state index is 15.0. The summed E-state index contributed by atoms with van der Waals surface area (Å²) in [7, 11) is 0. The summed E-state index contributed by atoms with van der Waals surface area (Å²) in [4.78, 5) is 24.4. The maximum atomic E-state index is 15.0. The summed E-state index contributed by atoms with van der Waals surface area (Å²) < 4.78 is 25.5. The molecule has 0 unspecified atom stereocenters. The number of nitrogens with one attached hydrogen (secondary N) is 1. The van der Waals surface area contributed by atoms with Crippen LogP contribution in [0.15, 0.2) is 60.7 Å². The van der Waals surface area contributed by atoms with Crippen molar-refractivity contribution in [2.75, 3.05) is 11.9 Å². The first-order valence-electron chi connectivity index (χ1n) is 9.79. The quantitative estimate of drug-likeness (QED) is 0.401. The van der Waals surface area contributed by atoms with Gasteiger partial charge >= 0.3 is 5.97 Å². The number of carbonyl (C=O) groups excluding carboxylic acids is 2. The van der Waals surface area contributed by atoms with Crippen molar-refractivity contribution in [3.05, 3.63) is 93.2 Å². The largest absolute Gasteiger partial charge is 0.486 e. The smallest absolute Gasteiger partial charge is 0.310 e. The summed E-state index contributed by atoms with van der Waals surface area (Å²) in [5, 5.41) is 2.67. The molecule has 0 fully saturated rings. The molecule has 8 heteroatoms. The fraction of sp³-hybridized carbons (Fsp3) is 0.167. The average molecular weight is 476 g/mol. The highest BCUT2D eigenvalue weighted by molar-refractivity contribution is 6.36. The molecule has 0 radical (unpaired) electrons. The van der Waals surface area contributed by atoms with Gasteiger partial charge in [0.1, 0.15) is 6.61 Å². The van der Waals surface area contributed by atoms with E-state index in [1.54, 1.807) is 13.0 Å². The van der Waals surface area contributed by atoms with Crippen molar-refractivity contribution in [3.63, 3.8) is 0 Å². The van der Waals surface area contributed by atoms with Gasteiger partial charge in [0, 0.05) is 0 Å². The molecule has 0 aliphatic heterocycles. The fourth-order valence-electron chi connectivity index (χ4n) is 2.92. The molecule has 3 aromatic carbocycles. The third-order valence-corrected chi connectivity index (χ3v) is 5.08. The minimum atomic E-state index is -0.874. The number of amides is 1. The molecule has 0 saturated heterocycles. The summed E-state index contributed by atoms with van der Waals surface area (Å²) in [6.45, 7) is 2.13. The predicted molar refractivity (Wildman–Crippen MR) is 122 cm³/mol. The van der Waals surface area contributed by atoms with E-state index in [9.17, 15) is 9.59 Å². The molecule has 0 heterocycles. The second kappa shape index (κ2) is 11.0. The van der Waals surface area contributed by atoms with Crippen molar-refractivity contribution < 1.29 is 23.5 Å². The van der Waals surface area contributed by atoms with E-state index < -0.39 is 11.7 Å². The lowest BCUT2D eigenvalue weighted by atomic mass is 10.1. The van der Waals surface area contributed by atoms with Crippen LogP contribution in [-0.2, 0) is 22.6 Å². The lowest BCUT2D eigenvalue weighted by Crippen LogP contribution is -2.16. The Balaban J connectivity index is 1.75. The average Bonchev–Trinajstić information content (AvgIpc) is 2.76. The fourth-order valence-corrected chi connectivity index (χ4v) is 3.40. The normalized spacial score (nSPS) is 10.5. The van der Waals surface area contributed by atoms with E-state index in [4.69, 9.17) is 32.7 Å². The molecule has 5 nitrogen and oxygen atoms in total. The number of rotatable bonds is 8. The van der Waals surface area contributed by atoms with Crippen molar-refractivity contribution in [3.8, 4) is 5.75 Å². The van der Waals surface area contributed by atoms with Crippen molar-refractivity contribution in [2.24, 2.45) is 0 Å². The van der Waals surface area contributed by atoms with Crippen LogP contribution in [0.3, 0.4) is 0 Å². The van der Waals surface area contributed by atoms with Crippen LogP contribution < -0.4 is 10.1 Å². The standard InChI is InChI=1S/C24H20Cl2FNO4/c1-2-31-21(29)13-16-8-10-19(18(26)12-16)28-24(30)22-17(25)9-11-20(23(22)27)32-14-15-6-4-3-5-7-15/h3-12H,2,13-14H2,1H3,(H,28,30). The highest BCUT2D eigenvalue weighted by atomic mass is 35.5. The van der Waals surface area contributed by atoms with Gasteiger partial charge in [0.05, 0.1) is 34.3 Å². The zero-order chi connectivity index (χ0) is 23.1. The summed E-state index contributed by atoms with van der Waals surface area (Å²) in [5.41, 5.74) is 1.36. The predicted octanol–water partition coefficient (Wildman–Crippen LogP) is 6.07. The molecular weight excluding hydrogens is 456 g/mol. The topological polar surface area (TPSA) is 64.6 Å². The van der Waals surface area contributed by atoms with Crippen LogP contribution in [0.5, 0.6) is 5.75 Å². The molecule has 3 aromatic rings. The van der Waals surface area contributed by atoms with Crippen LogP contribution in [-0.4, -0.2) is 18.5 Å². The molecule has 166 valence electrons. The molecular formula is C24H20Cl2FNO4. The Labute approximate surface area is 195 Å². The molecule has 0 aromatic heterocycles. The van der Waals surface area contributed by atoms with Crippen molar-refractivity contribution >= 4 is 40.8 Å². The van der Waals surface area contributed by atoms with E-state index >= 15 is 4.39 Å². The Morgan fingerprint density at radius 1 is 0.969 bits per heavy atom. The van der Waals surface area contributed by atoms with Crippen molar-refractivity contribution in [2.45, 2.75) is 20.0 Å². The molecule has 0 atom stereocenters. The number of halogens is 3. The first-order chi connectivity index (χ1) is 15.4. The van der Waals surface area contributed by atoms with E-state index in [0.29, 0.717) is 5.56 Å². The van der Waals surface area contributed by atoms with Gasteiger partial charge in [-0.25, -0.2) is 4.39 Å². The van der Waals surface area contributed by atoms with Crippen LogP contribution in [0, 0.1) is 5.82 Å². The molecule has 3 rings (SSSR count). The van der Waals surface area contributed by atoms with Crippen LogP contribution in [0.1, 0.15) is 28.4 Å². The molecule has 1 N–H and O–H groups in total. The lowest BCUT2D eigenvalue weighted by Gasteiger charge is -2.13. The van der Waals surface area contributed by atoms with Crippen LogP contribution in [0.25, 0.3) is 0 Å². The molecule has 0 aliphatic rings. The van der Waals surface area contributed by atoms with E-state index in [2.05, 4.69) is 5.32 Å². The monoisotopic (exact) mass is 475 g/mol. The summed E-state index contributed by atoms with van der Waals surface area (Å²) >= 11 is 12.3. The van der Waals surface area contributed by atoms with Crippen molar-refractivity contribution in [1.82, 2.24) is 0 Å². The zero-order valence-electron chi connectivity index (χ0n) is 17.2. The van der Waals surface area contributed by atoms with Gasteiger partial charge in [0.15, 0.2) is 11.6 Å². The van der Waals surface area contributed by atoms with Crippen LogP contribution >= 0.6 is 23.2 Å². The minimum Gasteiger partial charge on any atom is -0.486 e. The number of ether oxygens (including phenoxy) is 2. The van der Waals surface area contributed by atoms with Gasteiger partial charge in [-0.2, -0.15) is 0 Å². The van der Waals surface area contributed by atoms with E-state index in [-0.39, 0.29) is 52.6 Å². The third kappa shape index (κ3) is 5.99. The number of hydrogen-bond donors (Lipinski definition) is 1. The van der Waals surface area contributed by atoms with Gasteiger partial charge in [-0.3, -0.25) is 9.59 Å². The highest BCUT2D eigenvalue weighted by Crippen LogP contribution is 2.30. The second-order valence-electron chi connectivity index (χ2n) is 6.76. The number of carbonyl (C=O) groups is 2.